The number of hydrogen-bond donors (Lipinski definition) is 3. The molecular formula is C32H68O8Si2. The first-order valence-corrected chi connectivity index (χ1v) is 21.8. The number of methoxy groups -OCH3 is 2. The molecule has 1 heterocycles. The summed E-state index contributed by atoms with van der Waals surface area (Å²) in [4.78, 5) is 0. The Kier molecular flexibility index (Phi) is 16.9. The molecule has 1 aliphatic heterocycles. The van der Waals surface area contributed by atoms with E-state index in [1.807, 2.05) is 6.92 Å². The fraction of sp³-hybridized carbons (Fsp3) is 1.00. The van der Waals surface area contributed by atoms with Crippen molar-refractivity contribution in [1.29, 1.82) is 0 Å². The summed E-state index contributed by atoms with van der Waals surface area (Å²) in [7, 11) is -0.917. The Morgan fingerprint density at radius 1 is 0.833 bits per heavy atom. The highest BCUT2D eigenvalue weighted by Crippen LogP contribution is 2.47. The molecule has 8 nitrogen and oxygen atoms in total. The maximum atomic E-state index is 11.6. The molecule has 1 rings (SSSR count). The number of rotatable bonds is 20. The minimum atomic E-state index is -2.17. The summed E-state index contributed by atoms with van der Waals surface area (Å²) < 4.78 is 33.4. The van der Waals surface area contributed by atoms with Crippen LogP contribution in [0.2, 0.25) is 36.3 Å². The first-order valence-electron chi connectivity index (χ1n) is 16.8. The average Bonchev–Trinajstić information content (AvgIpc) is 3.01. The van der Waals surface area contributed by atoms with Crippen LogP contribution in [-0.4, -0.2) is 95.2 Å². The molecule has 252 valence electrons. The fourth-order valence-corrected chi connectivity index (χ4v) is 13.1. The zero-order valence-electron chi connectivity index (χ0n) is 29.3. The van der Waals surface area contributed by atoms with Gasteiger partial charge in [-0.15, -0.1) is 0 Å². The second-order valence-electron chi connectivity index (χ2n) is 13.2. The second kappa shape index (κ2) is 17.7. The van der Waals surface area contributed by atoms with Crippen molar-refractivity contribution >= 4 is 16.6 Å². The van der Waals surface area contributed by atoms with Gasteiger partial charge in [0.1, 0.15) is 12.2 Å². The minimum Gasteiger partial charge on any atom is -0.413 e. The summed E-state index contributed by atoms with van der Waals surface area (Å²) in [5.74, 6) is -1.25. The highest BCUT2D eigenvalue weighted by atomic mass is 28.4. The van der Waals surface area contributed by atoms with E-state index in [1.165, 1.54) is 7.11 Å². The van der Waals surface area contributed by atoms with E-state index in [2.05, 4.69) is 69.2 Å². The van der Waals surface area contributed by atoms with Gasteiger partial charge in [-0.3, -0.25) is 0 Å². The van der Waals surface area contributed by atoms with Gasteiger partial charge in [0.25, 0.3) is 0 Å². The van der Waals surface area contributed by atoms with Gasteiger partial charge in [0.2, 0.25) is 0 Å². The van der Waals surface area contributed by atoms with E-state index < -0.39 is 59.4 Å². The van der Waals surface area contributed by atoms with Crippen LogP contribution in [0.15, 0.2) is 0 Å². The Morgan fingerprint density at radius 2 is 1.33 bits per heavy atom. The fourth-order valence-electron chi connectivity index (χ4n) is 7.21. The molecular weight excluding hydrogens is 569 g/mol. The number of hydrogen-bond acceptors (Lipinski definition) is 8. The van der Waals surface area contributed by atoms with Crippen LogP contribution >= 0.6 is 0 Å². The highest BCUT2D eigenvalue weighted by Gasteiger charge is 2.56. The third-order valence-electron chi connectivity index (χ3n) is 11.0. The minimum absolute atomic E-state index is 0.0191. The van der Waals surface area contributed by atoms with Crippen LogP contribution in [0.3, 0.4) is 0 Å². The molecule has 42 heavy (non-hydrogen) atoms. The molecule has 0 saturated carbocycles. The number of aliphatic hydroxyl groups is 3. The maximum Gasteiger partial charge on any atom is 0.192 e. The third-order valence-corrected chi connectivity index (χ3v) is 20.3. The maximum absolute atomic E-state index is 11.6. The van der Waals surface area contributed by atoms with Crippen molar-refractivity contribution in [2.75, 3.05) is 20.8 Å². The summed E-state index contributed by atoms with van der Waals surface area (Å²) in [5, 5.41) is 31.7. The zero-order valence-corrected chi connectivity index (χ0v) is 31.3. The summed E-state index contributed by atoms with van der Waals surface area (Å²) >= 11 is 0. The molecule has 0 aromatic heterocycles. The summed E-state index contributed by atoms with van der Waals surface area (Å²) in [6, 6.07) is 6.08. The van der Waals surface area contributed by atoms with E-state index >= 15 is 0 Å². The molecule has 1 fully saturated rings. The van der Waals surface area contributed by atoms with E-state index in [0.29, 0.717) is 6.42 Å². The lowest BCUT2D eigenvalue weighted by Gasteiger charge is -2.55. The van der Waals surface area contributed by atoms with E-state index in [-0.39, 0.29) is 30.0 Å². The van der Waals surface area contributed by atoms with Crippen LogP contribution in [0.4, 0.5) is 0 Å². The SMILES string of the molecule is CC[Si](CC)(CC)O[C@H]([C@H](C)[C@@H](O)[C@@H](OC)C(O)CO)[C@H](C)[C@@]1(OC)C[C@@H](O[Si](CC)(CC)CC)[C@H](C)[C@@H](C(C)C)O1. The van der Waals surface area contributed by atoms with Crippen LogP contribution in [0.5, 0.6) is 0 Å². The van der Waals surface area contributed by atoms with Crippen molar-refractivity contribution in [3.63, 3.8) is 0 Å². The Morgan fingerprint density at radius 3 is 1.71 bits per heavy atom. The van der Waals surface area contributed by atoms with Gasteiger partial charge in [0, 0.05) is 38.4 Å². The molecule has 0 aromatic carbocycles. The molecule has 0 amide bonds. The van der Waals surface area contributed by atoms with Crippen molar-refractivity contribution in [3.8, 4) is 0 Å². The van der Waals surface area contributed by atoms with Crippen molar-refractivity contribution in [3.05, 3.63) is 0 Å². The molecule has 3 N–H and O–H groups in total. The molecule has 10 atom stereocenters. The summed E-state index contributed by atoms with van der Waals surface area (Å²) in [6.07, 6.45) is -3.20. The standard InChI is InChI=1S/C32H68O8Si2/c1-14-41(15-2,16-3)39-27-20-32(37-13,38-29(22(7)8)23(27)9)25(11)30(40-42(17-4,18-5)19-6)24(10)28(35)31(36-12)26(34)21-33/h22-31,33-35H,14-21H2,1-13H3/t23-,24+,25-,26?,27+,28+,29+,30+,31-,32+/m0/s1. The Bertz CT molecular complexity index is 733. The Labute approximate surface area is 260 Å². The van der Waals surface area contributed by atoms with Gasteiger partial charge in [-0.1, -0.05) is 76.2 Å². The molecule has 10 heteroatoms. The first-order chi connectivity index (χ1) is 19.7. The predicted molar refractivity (Wildman–Crippen MR) is 176 cm³/mol. The van der Waals surface area contributed by atoms with Gasteiger partial charge in [0.05, 0.1) is 31.0 Å². The van der Waals surface area contributed by atoms with Gasteiger partial charge in [-0.25, -0.2) is 0 Å². The van der Waals surface area contributed by atoms with Crippen LogP contribution in [0.25, 0.3) is 0 Å². The quantitative estimate of drug-likeness (QED) is 0.136. The summed E-state index contributed by atoms with van der Waals surface area (Å²) in [6.45, 7) is 23.6. The Balaban J connectivity index is 3.73. The third kappa shape index (κ3) is 8.88. The molecule has 1 saturated heterocycles. The molecule has 0 radical (unpaired) electrons. The van der Waals surface area contributed by atoms with Gasteiger partial charge in [-0.05, 0) is 42.2 Å². The molecule has 0 spiro atoms. The lowest BCUT2D eigenvalue weighted by Crippen LogP contribution is -2.63. The topological polar surface area (TPSA) is 107 Å². The monoisotopic (exact) mass is 636 g/mol. The molecule has 0 bridgehead atoms. The van der Waals surface area contributed by atoms with Gasteiger partial charge < -0.3 is 38.4 Å². The molecule has 0 aliphatic carbocycles. The molecule has 1 aliphatic rings. The smallest absolute Gasteiger partial charge is 0.192 e. The van der Waals surface area contributed by atoms with Crippen molar-refractivity contribution < 1.29 is 38.4 Å². The largest absolute Gasteiger partial charge is 0.413 e. The van der Waals surface area contributed by atoms with Crippen LogP contribution in [0, 0.1) is 23.7 Å². The van der Waals surface area contributed by atoms with E-state index in [1.54, 1.807) is 7.11 Å². The van der Waals surface area contributed by atoms with E-state index in [4.69, 9.17) is 23.1 Å². The number of aliphatic hydroxyl groups excluding tert-OH is 3. The van der Waals surface area contributed by atoms with Crippen LogP contribution in [0.1, 0.15) is 82.6 Å². The molecule has 1 unspecified atom stereocenters. The lowest BCUT2D eigenvalue weighted by molar-refractivity contribution is -0.336. The molecule has 0 aromatic rings. The zero-order chi connectivity index (χ0) is 32.5. The first kappa shape index (κ1) is 40.1. The Hall–Kier alpha value is 0.114. The second-order valence-corrected chi connectivity index (χ2v) is 22.7. The van der Waals surface area contributed by atoms with Crippen LogP contribution < -0.4 is 0 Å². The predicted octanol–water partition coefficient (Wildman–Crippen LogP) is 6.19. The van der Waals surface area contributed by atoms with Crippen molar-refractivity contribution in [2.24, 2.45) is 23.7 Å². The normalized spacial score (nSPS) is 28.4. The van der Waals surface area contributed by atoms with Gasteiger partial charge in [-0.2, -0.15) is 0 Å². The van der Waals surface area contributed by atoms with E-state index in [9.17, 15) is 15.3 Å². The van der Waals surface area contributed by atoms with Gasteiger partial charge in [0.15, 0.2) is 22.4 Å². The van der Waals surface area contributed by atoms with Crippen molar-refractivity contribution in [2.45, 2.75) is 161 Å². The van der Waals surface area contributed by atoms with Crippen molar-refractivity contribution in [1.82, 2.24) is 0 Å². The highest BCUT2D eigenvalue weighted by molar-refractivity contribution is 6.74. The lowest BCUT2D eigenvalue weighted by atomic mass is 9.76. The van der Waals surface area contributed by atoms with Crippen LogP contribution in [-0.2, 0) is 23.1 Å². The number of ether oxygens (including phenoxy) is 3. The average molecular weight is 637 g/mol. The summed E-state index contributed by atoms with van der Waals surface area (Å²) in [5.41, 5.74) is 0. The van der Waals surface area contributed by atoms with Gasteiger partial charge >= 0.3 is 0 Å². The van der Waals surface area contributed by atoms with E-state index in [0.717, 1.165) is 36.3 Å².